The van der Waals surface area contributed by atoms with Crippen molar-refractivity contribution in [3.63, 3.8) is 0 Å². The van der Waals surface area contributed by atoms with Gasteiger partial charge in [-0.05, 0) is 17.5 Å². The summed E-state index contributed by atoms with van der Waals surface area (Å²) in [7, 11) is -0.0265. The number of benzene rings is 1. The largest absolute Gasteiger partial charge is 0.139 e. The van der Waals surface area contributed by atoms with E-state index < -0.39 is 0 Å². The van der Waals surface area contributed by atoms with Crippen LogP contribution in [0.15, 0.2) is 47.2 Å². The molecule has 1 heteroatoms. The highest BCUT2D eigenvalue weighted by atomic mass is 32.2. The van der Waals surface area contributed by atoms with Crippen molar-refractivity contribution in [3.8, 4) is 0 Å². The van der Waals surface area contributed by atoms with Gasteiger partial charge in [0.25, 0.3) is 0 Å². The molecule has 0 N–H and O–H groups in total. The lowest BCUT2D eigenvalue weighted by molar-refractivity contribution is 1.47. The van der Waals surface area contributed by atoms with E-state index in [1.54, 1.807) is 0 Å². The molecule has 0 bridgehead atoms. The van der Waals surface area contributed by atoms with Gasteiger partial charge in [0.1, 0.15) is 0 Å². The van der Waals surface area contributed by atoms with Gasteiger partial charge in [0, 0.05) is 4.90 Å². The Bertz CT molecular complexity index is 236. The van der Waals surface area contributed by atoms with Crippen LogP contribution in [0.5, 0.6) is 0 Å². The van der Waals surface area contributed by atoms with Crippen LogP contribution in [0.2, 0.25) is 0 Å². The highest BCUT2D eigenvalue weighted by Crippen LogP contribution is 2.23. The molecular formula is C9H10S. The van der Waals surface area contributed by atoms with Crippen molar-refractivity contribution in [1.29, 1.82) is 0 Å². The summed E-state index contributed by atoms with van der Waals surface area (Å²) < 4.78 is 0. The predicted molar refractivity (Wildman–Crippen MR) is 49.6 cm³/mol. The molecule has 0 aliphatic rings. The molecule has 0 nitrogen and oxygen atoms in total. The van der Waals surface area contributed by atoms with E-state index in [0.717, 1.165) is 0 Å². The molecule has 1 aromatic rings. The van der Waals surface area contributed by atoms with E-state index in [-0.39, 0.29) is 10.5 Å². The van der Waals surface area contributed by atoms with Gasteiger partial charge in [-0.25, -0.2) is 0 Å². The van der Waals surface area contributed by atoms with Gasteiger partial charge in [0.15, 0.2) is 0 Å². The van der Waals surface area contributed by atoms with E-state index in [9.17, 15) is 0 Å². The first-order valence-corrected chi connectivity index (χ1v) is 4.50. The zero-order valence-electron chi connectivity index (χ0n) is 5.79. The number of hydrogen-bond acceptors (Lipinski definition) is 0. The Morgan fingerprint density at radius 1 is 1.20 bits per heavy atom. The summed E-state index contributed by atoms with van der Waals surface area (Å²) in [6, 6.07) is 10.2. The van der Waals surface area contributed by atoms with Crippen LogP contribution in [0.3, 0.4) is 0 Å². The van der Waals surface area contributed by atoms with Gasteiger partial charge in [0.2, 0.25) is 0 Å². The van der Waals surface area contributed by atoms with Gasteiger partial charge >= 0.3 is 0 Å². The van der Waals surface area contributed by atoms with Crippen LogP contribution in [0.25, 0.3) is 0 Å². The molecular weight excluding hydrogens is 140 g/mol. The minimum atomic E-state index is -0.0265. The summed E-state index contributed by atoms with van der Waals surface area (Å²) >= 11 is 0. The lowest BCUT2D eigenvalue weighted by Crippen LogP contribution is -1.67. The van der Waals surface area contributed by atoms with Crippen molar-refractivity contribution in [1.82, 2.24) is 0 Å². The van der Waals surface area contributed by atoms with Gasteiger partial charge in [-0.3, -0.25) is 0 Å². The van der Waals surface area contributed by atoms with Crippen LogP contribution < -0.4 is 0 Å². The quantitative estimate of drug-likeness (QED) is 0.569. The first kappa shape index (κ1) is 7.29. The van der Waals surface area contributed by atoms with E-state index >= 15 is 0 Å². The smallest absolute Gasteiger partial charge is 0.00503 e. The molecule has 0 spiro atoms. The lowest BCUT2D eigenvalue weighted by atomic mass is 10.4. The molecule has 1 atom stereocenters. The summed E-state index contributed by atoms with van der Waals surface area (Å²) in [4.78, 5) is 1.25. The van der Waals surface area contributed by atoms with Gasteiger partial charge in [-0.15, -0.1) is 10.5 Å². The molecule has 0 amide bonds. The van der Waals surface area contributed by atoms with Crippen molar-refractivity contribution in [2.75, 3.05) is 0 Å². The van der Waals surface area contributed by atoms with Crippen LogP contribution in [-0.2, 0) is 0 Å². The molecule has 0 fully saturated rings. The van der Waals surface area contributed by atoms with E-state index in [1.807, 2.05) is 23.6 Å². The minimum Gasteiger partial charge on any atom is -0.139 e. The second kappa shape index (κ2) is 3.37. The Balaban J connectivity index is 2.95. The SMILES string of the molecule is C=CS(=C)c1ccccc1. The fraction of sp³-hybridized carbons (Fsp3) is 0. The van der Waals surface area contributed by atoms with Gasteiger partial charge in [0.05, 0.1) is 0 Å². The summed E-state index contributed by atoms with van der Waals surface area (Å²) in [5.74, 6) is 3.94. The number of rotatable bonds is 2. The Labute approximate surface area is 64.1 Å². The first-order chi connectivity index (χ1) is 4.84. The maximum atomic E-state index is 3.94. The summed E-state index contributed by atoms with van der Waals surface area (Å²) in [6.07, 6.45) is 0. The second-order valence-electron chi connectivity index (χ2n) is 1.91. The van der Waals surface area contributed by atoms with E-state index in [0.29, 0.717) is 0 Å². The van der Waals surface area contributed by atoms with E-state index in [1.165, 1.54) is 4.90 Å². The highest BCUT2D eigenvalue weighted by molar-refractivity contribution is 8.16. The summed E-state index contributed by atoms with van der Waals surface area (Å²) in [6.45, 7) is 3.69. The van der Waals surface area contributed by atoms with Crippen molar-refractivity contribution in [2.24, 2.45) is 0 Å². The fourth-order valence-electron chi connectivity index (χ4n) is 0.692. The average Bonchev–Trinajstić information content (AvgIpc) is 2.05. The molecule has 10 heavy (non-hydrogen) atoms. The monoisotopic (exact) mass is 150 g/mol. The van der Waals surface area contributed by atoms with Crippen LogP contribution in [-0.4, -0.2) is 5.87 Å². The Kier molecular flexibility index (Phi) is 2.46. The third-order valence-corrected chi connectivity index (χ3v) is 2.53. The third kappa shape index (κ3) is 1.58. The molecule has 0 aromatic heterocycles. The molecule has 0 aliphatic heterocycles. The third-order valence-electron chi connectivity index (χ3n) is 1.25. The van der Waals surface area contributed by atoms with Gasteiger partial charge in [-0.1, -0.05) is 30.6 Å². The van der Waals surface area contributed by atoms with Crippen LogP contribution >= 0.6 is 10.5 Å². The average molecular weight is 150 g/mol. The van der Waals surface area contributed by atoms with E-state index in [2.05, 4.69) is 24.6 Å². The standard InChI is InChI=1S/C9H10S/c1-3-10(2)9-7-5-4-6-8-9/h3-8H,1-2H2. The van der Waals surface area contributed by atoms with Gasteiger partial charge < -0.3 is 0 Å². The first-order valence-electron chi connectivity index (χ1n) is 3.05. The molecule has 0 aliphatic carbocycles. The summed E-state index contributed by atoms with van der Waals surface area (Å²) in [5, 5.41) is 1.87. The topological polar surface area (TPSA) is 0 Å². The van der Waals surface area contributed by atoms with Crippen molar-refractivity contribution in [3.05, 3.63) is 42.3 Å². The molecule has 0 heterocycles. The second-order valence-corrected chi connectivity index (χ2v) is 3.57. The predicted octanol–water partition coefficient (Wildman–Crippen LogP) is 2.89. The maximum absolute atomic E-state index is 3.94. The normalized spacial score (nSPS) is 12.4. The molecule has 0 saturated carbocycles. The molecule has 52 valence electrons. The van der Waals surface area contributed by atoms with Gasteiger partial charge in [-0.2, -0.15) is 0 Å². The molecule has 1 aromatic carbocycles. The van der Waals surface area contributed by atoms with Crippen LogP contribution in [0.4, 0.5) is 0 Å². The maximum Gasteiger partial charge on any atom is 0.00503 e. The summed E-state index contributed by atoms with van der Waals surface area (Å²) in [5.41, 5.74) is 0. The lowest BCUT2D eigenvalue weighted by Gasteiger charge is -1.98. The zero-order valence-corrected chi connectivity index (χ0v) is 6.60. The zero-order chi connectivity index (χ0) is 7.40. The Hall–Kier alpha value is -0.820. The van der Waals surface area contributed by atoms with Crippen molar-refractivity contribution in [2.45, 2.75) is 4.90 Å². The van der Waals surface area contributed by atoms with Crippen molar-refractivity contribution >= 4 is 16.4 Å². The Morgan fingerprint density at radius 3 is 2.30 bits per heavy atom. The highest BCUT2D eigenvalue weighted by Gasteiger charge is 1.87. The molecule has 1 unspecified atom stereocenters. The molecule has 0 saturated heterocycles. The minimum absolute atomic E-state index is 0.0265. The van der Waals surface area contributed by atoms with E-state index in [4.69, 9.17) is 0 Å². The van der Waals surface area contributed by atoms with Crippen LogP contribution in [0.1, 0.15) is 0 Å². The Morgan fingerprint density at radius 2 is 1.80 bits per heavy atom. The molecule has 0 radical (unpaired) electrons. The van der Waals surface area contributed by atoms with Crippen LogP contribution in [0, 0.1) is 0 Å². The fourth-order valence-corrected chi connectivity index (χ4v) is 1.39. The molecule has 1 rings (SSSR count). The van der Waals surface area contributed by atoms with Crippen molar-refractivity contribution < 1.29 is 0 Å². The number of hydrogen-bond donors (Lipinski definition) is 0.